The van der Waals surface area contributed by atoms with Crippen LogP contribution in [0.3, 0.4) is 0 Å². The zero-order valence-electron chi connectivity index (χ0n) is 16.2. The van der Waals surface area contributed by atoms with Gasteiger partial charge in [0.15, 0.2) is 12.6 Å². The highest BCUT2D eigenvalue weighted by atomic mass is 35.5. The number of amides is 1. The average molecular weight is 401 g/mol. The predicted molar refractivity (Wildman–Crippen MR) is 113 cm³/mol. The van der Waals surface area contributed by atoms with Crippen molar-refractivity contribution in [1.82, 2.24) is 10.2 Å². The van der Waals surface area contributed by atoms with Gasteiger partial charge in [-0.25, -0.2) is 0 Å². The van der Waals surface area contributed by atoms with E-state index >= 15 is 0 Å². The molecular weight excluding hydrogens is 376 g/mol. The molecule has 0 fully saturated rings. The van der Waals surface area contributed by atoms with Crippen molar-refractivity contribution in [1.29, 1.82) is 0 Å². The van der Waals surface area contributed by atoms with Crippen molar-refractivity contribution in [3.05, 3.63) is 59.1 Å². The summed E-state index contributed by atoms with van der Waals surface area (Å²) in [5, 5.41) is 4.09. The zero-order chi connectivity index (χ0) is 19.9. The number of para-hydroxylation sites is 2. The van der Waals surface area contributed by atoms with Crippen molar-refractivity contribution in [2.24, 2.45) is 4.99 Å². The van der Waals surface area contributed by atoms with Crippen LogP contribution in [-0.4, -0.2) is 50.6 Å². The molecule has 0 bridgehead atoms. The van der Waals surface area contributed by atoms with Gasteiger partial charge in [-0.2, -0.15) is 0 Å². The van der Waals surface area contributed by atoms with Crippen LogP contribution in [0.15, 0.2) is 53.5 Å². The molecule has 28 heavy (non-hydrogen) atoms. The van der Waals surface area contributed by atoms with E-state index in [-0.39, 0.29) is 12.5 Å². The number of guanidine groups is 1. The van der Waals surface area contributed by atoms with Gasteiger partial charge in [0.1, 0.15) is 5.75 Å². The average Bonchev–Trinajstić information content (AvgIpc) is 2.71. The fourth-order valence-electron chi connectivity index (χ4n) is 3.16. The summed E-state index contributed by atoms with van der Waals surface area (Å²) in [4.78, 5) is 20.4. The van der Waals surface area contributed by atoms with Crippen LogP contribution in [-0.2, 0) is 11.3 Å². The fraction of sp³-hybridized carbons (Fsp3) is 0.333. The number of fused-ring (bicyclic) bond motifs is 1. The maximum Gasteiger partial charge on any atom is 0.265 e. The number of hydrogen-bond acceptors (Lipinski definition) is 3. The molecule has 2 aromatic rings. The van der Waals surface area contributed by atoms with Crippen LogP contribution in [0.2, 0.25) is 5.02 Å². The number of ether oxygens (including phenoxy) is 1. The predicted octanol–water partition coefficient (Wildman–Crippen LogP) is 3.16. The number of nitrogens with zero attached hydrogens (tertiary/aromatic N) is 3. The summed E-state index contributed by atoms with van der Waals surface area (Å²) in [6, 6.07) is 15.4. The highest BCUT2D eigenvalue weighted by Crippen LogP contribution is 2.31. The van der Waals surface area contributed by atoms with E-state index in [2.05, 4.69) is 15.2 Å². The van der Waals surface area contributed by atoms with Crippen LogP contribution in [0, 0.1) is 0 Å². The van der Waals surface area contributed by atoms with Crippen molar-refractivity contribution in [2.75, 3.05) is 38.7 Å². The topological polar surface area (TPSA) is 57.2 Å². The van der Waals surface area contributed by atoms with Gasteiger partial charge in [-0.1, -0.05) is 35.9 Å². The highest BCUT2D eigenvalue weighted by molar-refractivity contribution is 6.30. The summed E-state index contributed by atoms with van der Waals surface area (Å²) in [6.07, 6.45) is 0.799. The van der Waals surface area contributed by atoms with E-state index in [9.17, 15) is 4.79 Å². The molecule has 0 atom stereocenters. The third kappa shape index (κ3) is 4.95. The van der Waals surface area contributed by atoms with E-state index in [1.54, 1.807) is 11.9 Å². The lowest BCUT2D eigenvalue weighted by atomic mass is 10.2. The molecule has 0 unspecified atom stereocenters. The maximum absolute atomic E-state index is 12.2. The van der Waals surface area contributed by atoms with E-state index < -0.39 is 0 Å². The lowest BCUT2D eigenvalue weighted by Crippen LogP contribution is -2.42. The lowest BCUT2D eigenvalue weighted by Gasteiger charge is -2.29. The number of hydrogen-bond donors (Lipinski definition) is 1. The molecule has 6 nitrogen and oxygen atoms in total. The van der Waals surface area contributed by atoms with Crippen molar-refractivity contribution in [3.8, 4) is 5.75 Å². The van der Waals surface area contributed by atoms with Gasteiger partial charge in [-0.05, 0) is 36.2 Å². The van der Waals surface area contributed by atoms with Crippen molar-refractivity contribution in [2.45, 2.75) is 13.0 Å². The number of benzene rings is 2. The van der Waals surface area contributed by atoms with Crippen LogP contribution in [0.1, 0.15) is 12.0 Å². The van der Waals surface area contributed by atoms with E-state index in [0.717, 1.165) is 40.9 Å². The minimum absolute atomic E-state index is 0.0112. The summed E-state index contributed by atoms with van der Waals surface area (Å²) in [7, 11) is 3.76. The van der Waals surface area contributed by atoms with Crippen molar-refractivity contribution in [3.63, 3.8) is 0 Å². The molecule has 0 aromatic heterocycles. The first-order chi connectivity index (χ1) is 13.6. The SMILES string of the molecule is CN=C(NCCCN1C(=O)COc2ccccc21)N(C)Cc1ccc(Cl)cc1. The fourth-order valence-corrected chi connectivity index (χ4v) is 3.29. The van der Waals surface area contributed by atoms with E-state index in [1.165, 1.54) is 0 Å². The standard InChI is InChI=1S/C21H25ClN4O2/c1-23-21(25(2)14-16-8-10-17(22)11-9-16)24-12-5-13-26-18-6-3-4-7-19(18)28-15-20(26)27/h3-4,6-11H,5,12-15H2,1-2H3,(H,23,24). The second-order valence-corrected chi connectivity index (χ2v) is 7.05. The van der Waals surface area contributed by atoms with E-state index in [0.29, 0.717) is 13.1 Å². The highest BCUT2D eigenvalue weighted by Gasteiger charge is 2.24. The molecule has 0 aliphatic carbocycles. The summed E-state index contributed by atoms with van der Waals surface area (Å²) in [6.45, 7) is 2.16. The molecule has 1 amide bonds. The Morgan fingerprint density at radius 1 is 1.25 bits per heavy atom. The lowest BCUT2D eigenvalue weighted by molar-refractivity contribution is -0.121. The molecular formula is C21H25ClN4O2. The first-order valence-corrected chi connectivity index (χ1v) is 9.64. The summed E-state index contributed by atoms with van der Waals surface area (Å²) in [5.74, 6) is 1.56. The van der Waals surface area contributed by atoms with Crippen LogP contribution in [0.25, 0.3) is 0 Å². The minimum atomic E-state index is -0.0112. The molecule has 0 saturated carbocycles. The van der Waals surface area contributed by atoms with Crippen LogP contribution in [0.4, 0.5) is 5.69 Å². The number of halogens is 1. The Morgan fingerprint density at radius 2 is 2.00 bits per heavy atom. The monoisotopic (exact) mass is 400 g/mol. The summed E-state index contributed by atoms with van der Waals surface area (Å²) < 4.78 is 5.48. The zero-order valence-corrected chi connectivity index (χ0v) is 16.9. The van der Waals surface area contributed by atoms with E-state index in [4.69, 9.17) is 16.3 Å². The molecule has 1 N–H and O–H groups in total. The third-order valence-corrected chi connectivity index (χ3v) is 4.81. The molecule has 7 heteroatoms. The molecule has 3 rings (SSSR count). The second-order valence-electron chi connectivity index (χ2n) is 6.61. The number of carbonyl (C=O) groups is 1. The Labute approximate surface area is 170 Å². The first-order valence-electron chi connectivity index (χ1n) is 9.27. The van der Waals surface area contributed by atoms with Crippen LogP contribution in [0.5, 0.6) is 5.75 Å². The third-order valence-electron chi connectivity index (χ3n) is 4.56. The molecule has 0 spiro atoms. The smallest absolute Gasteiger partial charge is 0.265 e. The van der Waals surface area contributed by atoms with Gasteiger partial charge in [-0.15, -0.1) is 0 Å². The van der Waals surface area contributed by atoms with Crippen molar-refractivity contribution >= 4 is 29.2 Å². The maximum atomic E-state index is 12.2. The Hall–Kier alpha value is -2.73. The van der Waals surface area contributed by atoms with Gasteiger partial charge < -0.3 is 19.9 Å². The Balaban J connectivity index is 1.49. The molecule has 2 aromatic carbocycles. The Bertz CT molecular complexity index is 839. The van der Waals surface area contributed by atoms with Gasteiger partial charge in [0.05, 0.1) is 5.69 Å². The minimum Gasteiger partial charge on any atom is -0.482 e. The molecule has 0 saturated heterocycles. The van der Waals surface area contributed by atoms with Crippen LogP contribution < -0.4 is 15.0 Å². The van der Waals surface area contributed by atoms with Crippen LogP contribution >= 0.6 is 11.6 Å². The number of rotatable bonds is 6. The summed E-state index contributed by atoms with van der Waals surface area (Å²) >= 11 is 5.94. The number of anilines is 1. The van der Waals surface area contributed by atoms with Gasteiger partial charge in [0.2, 0.25) is 0 Å². The molecule has 0 radical (unpaired) electrons. The van der Waals surface area contributed by atoms with Gasteiger partial charge in [-0.3, -0.25) is 9.79 Å². The second kappa shape index (κ2) is 9.46. The van der Waals surface area contributed by atoms with E-state index in [1.807, 2.05) is 55.6 Å². The molecule has 1 heterocycles. The normalized spacial score (nSPS) is 13.8. The molecule has 1 aliphatic heterocycles. The number of aliphatic imine (C=N–C) groups is 1. The first kappa shape index (κ1) is 20.0. The van der Waals surface area contributed by atoms with Crippen molar-refractivity contribution < 1.29 is 9.53 Å². The largest absolute Gasteiger partial charge is 0.482 e. The summed E-state index contributed by atoms with van der Waals surface area (Å²) in [5.41, 5.74) is 1.99. The van der Waals surface area contributed by atoms with Gasteiger partial charge in [0, 0.05) is 38.8 Å². The number of carbonyl (C=O) groups excluding carboxylic acids is 1. The van der Waals surface area contributed by atoms with Gasteiger partial charge >= 0.3 is 0 Å². The number of nitrogens with one attached hydrogen (secondary N) is 1. The molecule has 1 aliphatic rings. The Morgan fingerprint density at radius 3 is 2.75 bits per heavy atom. The molecule has 148 valence electrons. The van der Waals surface area contributed by atoms with Gasteiger partial charge in [0.25, 0.3) is 5.91 Å². The quantitative estimate of drug-likeness (QED) is 0.459. The Kier molecular flexibility index (Phi) is 6.76.